The highest BCUT2D eigenvalue weighted by Crippen LogP contribution is 2.22. The van der Waals surface area contributed by atoms with Crippen molar-refractivity contribution < 1.29 is 19.1 Å². The highest BCUT2D eigenvalue weighted by atomic mass is 32.2. The van der Waals surface area contributed by atoms with Gasteiger partial charge in [-0.1, -0.05) is 11.8 Å². The number of aromatic nitrogens is 2. The van der Waals surface area contributed by atoms with Gasteiger partial charge in [0.05, 0.1) is 12.4 Å². The molecule has 148 valence electrons. The van der Waals surface area contributed by atoms with E-state index in [0.29, 0.717) is 17.1 Å². The number of hydrogen-bond donors (Lipinski definition) is 3. The molecular formula is C18H20N4O5S. The summed E-state index contributed by atoms with van der Waals surface area (Å²) in [6.07, 6.45) is 0. The van der Waals surface area contributed by atoms with Crippen LogP contribution in [0.4, 0.5) is 11.4 Å². The minimum atomic E-state index is -0.611. The van der Waals surface area contributed by atoms with Crippen LogP contribution in [-0.2, 0) is 14.3 Å². The molecule has 2 amide bonds. The molecule has 0 saturated carbocycles. The fourth-order valence-electron chi connectivity index (χ4n) is 2.28. The molecule has 0 unspecified atom stereocenters. The van der Waals surface area contributed by atoms with E-state index in [2.05, 4.69) is 20.6 Å². The van der Waals surface area contributed by atoms with Gasteiger partial charge in [0.25, 0.3) is 0 Å². The van der Waals surface area contributed by atoms with Gasteiger partial charge >= 0.3 is 11.7 Å². The van der Waals surface area contributed by atoms with Gasteiger partial charge in [-0.3, -0.25) is 9.59 Å². The third-order valence-electron chi connectivity index (χ3n) is 3.39. The Morgan fingerprint density at radius 2 is 1.75 bits per heavy atom. The minimum absolute atomic E-state index is 0.0598. The minimum Gasteiger partial charge on any atom is -0.462 e. The van der Waals surface area contributed by atoms with Crippen molar-refractivity contribution in [2.45, 2.75) is 25.8 Å². The lowest BCUT2D eigenvalue weighted by atomic mass is 10.2. The Morgan fingerprint density at radius 1 is 1.14 bits per heavy atom. The molecule has 10 heteroatoms. The molecule has 1 aromatic carbocycles. The fourth-order valence-corrected chi connectivity index (χ4v) is 3.15. The summed E-state index contributed by atoms with van der Waals surface area (Å²) in [4.78, 5) is 53.2. The molecule has 0 spiro atoms. The van der Waals surface area contributed by atoms with Crippen molar-refractivity contribution in [1.82, 2.24) is 9.97 Å². The van der Waals surface area contributed by atoms with Crippen LogP contribution in [0, 0.1) is 6.92 Å². The molecule has 3 N–H and O–H groups in total. The predicted octanol–water partition coefficient (Wildman–Crippen LogP) is 1.94. The zero-order valence-electron chi connectivity index (χ0n) is 15.6. The van der Waals surface area contributed by atoms with Crippen LogP contribution in [0.5, 0.6) is 0 Å². The van der Waals surface area contributed by atoms with E-state index in [1.54, 1.807) is 38.1 Å². The summed E-state index contributed by atoms with van der Waals surface area (Å²) in [5, 5.41) is 5.46. The lowest BCUT2D eigenvalue weighted by Crippen LogP contribution is -2.21. The van der Waals surface area contributed by atoms with E-state index in [4.69, 9.17) is 4.74 Å². The summed E-state index contributed by atoms with van der Waals surface area (Å²) in [6, 6.07) is 6.61. The maximum atomic E-state index is 12.2. The number of rotatable bonds is 7. The average molecular weight is 404 g/mol. The number of nitrogens with zero attached hydrogens (tertiary/aromatic N) is 1. The number of benzene rings is 1. The molecule has 0 fully saturated rings. The van der Waals surface area contributed by atoms with Gasteiger partial charge in [0.15, 0.2) is 0 Å². The number of amides is 2. The molecule has 28 heavy (non-hydrogen) atoms. The number of thioether (sulfide) groups is 1. The largest absolute Gasteiger partial charge is 0.462 e. The molecule has 1 aromatic heterocycles. The summed E-state index contributed by atoms with van der Waals surface area (Å²) >= 11 is 0.967. The Labute approximate surface area is 165 Å². The molecule has 0 saturated heterocycles. The van der Waals surface area contributed by atoms with Crippen molar-refractivity contribution in [3.8, 4) is 0 Å². The van der Waals surface area contributed by atoms with Gasteiger partial charge in [-0.2, -0.15) is 4.98 Å². The summed E-state index contributed by atoms with van der Waals surface area (Å²) in [6.45, 7) is 4.82. The number of carbonyl (C=O) groups is 3. The van der Waals surface area contributed by atoms with E-state index in [-0.39, 0.29) is 34.8 Å². The predicted molar refractivity (Wildman–Crippen MR) is 106 cm³/mol. The standard InChI is InChI=1S/C18H20N4O5S/c1-4-27-17(25)15-10(2)19-18(26)22-16(15)28-9-14(24)21-13-7-5-12(6-8-13)20-11(3)23/h5-8H,4,9H2,1-3H3,(H,20,23)(H,21,24)(H,19,22,26). The van der Waals surface area contributed by atoms with Crippen molar-refractivity contribution in [2.24, 2.45) is 0 Å². The van der Waals surface area contributed by atoms with Crippen molar-refractivity contribution in [3.05, 3.63) is 46.0 Å². The Kier molecular flexibility index (Phi) is 7.33. The second kappa shape index (κ2) is 9.70. The van der Waals surface area contributed by atoms with Crippen LogP contribution in [0.1, 0.15) is 29.9 Å². The molecule has 9 nitrogen and oxygen atoms in total. The molecule has 1 heterocycles. The van der Waals surface area contributed by atoms with Crippen molar-refractivity contribution >= 4 is 40.9 Å². The van der Waals surface area contributed by atoms with E-state index in [9.17, 15) is 19.2 Å². The van der Waals surface area contributed by atoms with E-state index >= 15 is 0 Å². The first-order valence-electron chi connectivity index (χ1n) is 8.38. The number of esters is 1. The SMILES string of the molecule is CCOC(=O)c1c(SCC(=O)Nc2ccc(NC(C)=O)cc2)nc(=O)[nH]c1C. The lowest BCUT2D eigenvalue weighted by molar-refractivity contribution is -0.114. The number of anilines is 2. The third kappa shape index (κ3) is 5.95. The molecule has 0 atom stereocenters. The van der Waals surface area contributed by atoms with Crippen LogP contribution in [0.25, 0.3) is 0 Å². The lowest BCUT2D eigenvalue weighted by Gasteiger charge is -2.10. The molecule has 0 aliphatic rings. The number of carbonyl (C=O) groups excluding carboxylic acids is 3. The number of hydrogen-bond acceptors (Lipinski definition) is 7. The van der Waals surface area contributed by atoms with Crippen molar-refractivity contribution in [1.29, 1.82) is 0 Å². The van der Waals surface area contributed by atoms with Gasteiger partial charge in [0.2, 0.25) is 11.8 Å². The monoisotopic (exact) mass is 404 g/mol. The van der Waals surface area contributed by atoms with Crippen molar-refractivity contribution in [3.63, 3.8) is 0 Å². The zero-order valence-corrected chi connectivity index (χ0v) is 16.4. The summed E-state index contributed by atoms with van der Waals surface area (Å²) in [5.41, 5.74) is 1.01. The van der Waals surface area contributed by atoms with Gasteiger partial charge in [0, 0.05) is 24.0 Å². The Morgan fingerprint density at radius 3 is 2.32 bits per heavy atom. The summed E-state index contributed by atoms with van der Waals surface area (Å²) < 4.78 is 4.99. The number of nitrogens with one attached hydrogen (secondary N) is 3. The van der Waals surface area contributed by atoms with Gasteiger partial charge in [-0.15, -0.1) is 0 Å². The highest BCUT2D eigenvalue weighted by Gasteiger charge is 2.20. The summed E-state index contributed by atoms with van der Waals surface area (Å²) in [7, 11) is 0. The van der Waals surface area contributed by atoms with Crippen LogP contribution in [-0.4, -0.2) is 40.1 Å². The molecule has 2 aromatic rings. The quantitative estimate of drug-likeness (QED) is 0.365. The van der Waals surface area contributed by atoms with Gasteiger partial charge < -0.3 is 20.4 Å². The average Bonchev–Trinajstić information content (AvgIpc) is 2.61. The molecule has 0 bridgehead atoms. The number of ether oxygens (including phenoxy) is 1. The molecule has 0 aliphatic heterocycles. The van der Waals surface area contributed by atoms with E-state index in [0.717, 1.165) is 11.8 Å². The Bertz CT molecular complexity index is 940. The first kappa shape index (κ1) is 21.2. The first-order valence-corrected chi connectivity index (χ1v) is 9.37. The summed E-state index contributed by atoms with van der Waals surface area (Å²) in [5.74, 6) is -1.20. The normalized spacial score (nSPS) is 10.2. The van der Waals surface area contributed by atoms with Crippen LogP contribution in [0.3, 0.4) is 0 Å². The molecule has 2 rings (SSSR count). The van der Waals surface area contributed by atoms with Crippen LogP contribution in [0.2, 0.25) is 0 Å². The molecule has 0 aliphatic carbocycles. The maximum absolute atomic E-state index is 12.2. The smallest absolute Gasteiger partial charge is 0.346 e. The van der Waals surface area contributed by atoms with Gasteiger partial charge in [-0.05, 0) is 38.1 Å². The van der Waals surface area contributed by atoms with Crippen molar-refractivity contribution in [2.75, 3.05) is 23.0 Å². The van der Waals surface area contributed by atoms with E-state index in [1.807, 2.05) is 0 Å². The molecular weight excluding hydrogens is 384 g/mol. The number of H-pyrrole nitrogens is 1. The van der Waals surface area contributed by atoms with Gasteiger partial charge in [-0.25, -0.2) is 9.59 Å². The third-order valence-corrected chi connectivity index (χ3v) is 4.37. The Hall–Kier alpha value is -3.14. The van der Waals surface area contributed by atoms with Crippen LogP contribution in [0.15, 0.2) is 34.1 Å². The number of aromatic amines is 1. The number of aryl methyl sites for hydroxylation is 1. The van der Waals surface area contributed by atoms with Crippen LogP contribution >= 0.6 is 11.8 Å². The fraction of sp³-hybridized carbons (Fsp3) is 0.278. The Balaban J connectivity index is 2.05. The first-order chi connectivity index (χ1) is 13.3. The van der Waals surface area contributed by atoms with E-state index < -0.39 is 11.7 Å². The topological polar surface area (TPSA) is 130 Å². The van der Waals surface area contributed by atoms with Gasteiger partial charge in [0.1, 0.15) is 10.6 Å². The second-order valence-electron chi connectivity index (χ2n) is 5.66. The van der Waals surface area contributed by atoms with E-state index in [1.165, 1.54) is 6.92 Å². The maximum Gasteiger partial charge on any atom is 0.346 e. The zero-order chi connectivity index (χ0) is 20.7. The van der Waals surface area contributed by atoms with Crippen LogP contribution < -0.4 is 16.3 Å². The highest BCUT2D eigenvalue weighted by molar-refractivity contribution is 8.00. The second-order valence-corrected chi connectivity index (χ2v) is 6.63. The molecule has 0 radical (unpaired) electrons.